The van der Waals surface area contributed by atoms with Gasteiger partial charge in [-0.25, -0.2) is 4.98 Å². The molecule has 2 N–H and O–H groups in total. The standard InChI is InChI=1S/C15H21ClN2O/c1-4-9-6-5-7-10-11(9)12(15(17)19)14(16)18-13(10)8(2)3/h8-9H,4-7H2,1-3H3,(H2,17,19). The summed E-state index contributed by atoms with van der Waals surface area (Å²) in [5.74, 6) is 0.234. The molecule has 1 aromatic rings. The monoisotopic (exact) mass is 280 g/mol. The Morgan fingerprint density at radius 2 is 2.21 bits per heavy atom. The molecule has 1 atom stereocenters. The van der Waals surface area contributed by atoms with Crippen LogP contribution in [0.2, 0.25) is 5.15 Å². The van der Waals surface area contributed by atoms with E-state index in [-0.39, 0.29) is 5.15 Å². The van der Waals surface area contributed by atoms with Gasteiger partial charge in [0.25, 0.3) is 5.91 Å². The van der Waals surface area contributed by atoms with Gasteiger partial charge in [0.15, 0.2) is 0 Å². The Kier molecular flexibility index (Phi) is 4.14. The molecule has 0 bridgehead atoms. The van der Waals surface area contributed by atoms with Crippen molar-refractivity contribution in [2.45, 2.75) is 58.3 Å². The molecule has 0 spiro atoms. The lowest BCUT2D eigenvalue weighted by Crippen LogP contribution is -2.23. The first-order valence-electron chi connectivity index (χ1n) is 6.99. The Hall–Kier alpha value is -1.09. The van der Waals surface area contributed by atoms with Gasteiger partial charge in [0.2, 0.25) is 0 Å². The van der Waals surface area contributed by atoms with Crippen molar-refractivity contribution < 1.29 is 4.79 Å². The first-order chi connectivity index (χ1) is 8.97. The third-order valence-corrected chi connectivity index (χ3v) is 4.28. The Morgan fingerprint density at radius 3 is 2.74 bits per heavy atom. The molecule has 3 nitrogen and oxygen atoms in total. The molecule has 2 rings (SSSR count). The number of carbonyl (C=O) groups is 1. The van der Waals surface area contributed by atoms with E-state index >= 15 is 0 Å². The molecular weight excluding hydrogens is 260 g/mol. The first kappa shape index (κ1) is 14.3. The van der Waals surface area contributed by atoms with Crippen LogP contribution in [0.4, 0.5) is 0 Å². The molecule has 0 saturated heterocycles. The lowest BCUT2D eigenvalue weighted by molar-refractivity contribution is 0.0998. The summed E-state index contributed by atoms with van der Waals surface area (Å²) in [6.45, 7) is 6.37. The van der Waals surface area contributed by atoms with E-state index in [1.807, 2.05) is 0 Å². The number of amides is 1. The SMILES string of the molecule is CCC1CCCc2c(C(C)C)nc(Cl)c(C(N)=O)c21. The molecule has 0 saturated carbocycles. The van der Waals surface area contributed by atoms with Crippen molar-refractivity contribution >= 4 is 17.5 Å². The zero-order chi connectivity index (χ0) is 14.2. The Bertz CT molecular complexity index is 511. The minimum atomic E-state index is -0.454. The van der Waals surface area contributed by atoms with Crippen LogP contribution >= 0.6 is 11.6 Å². The van der Waals surface area contributed by atoms with Crippen molar-refractivity contribution in [3.63, 3.8) is 0 Å². The van der Waals surface area contributed by atoms with Crippen LogP contribution in [0.3, 0.4) is 0 Å². The number of pyridine rings is 1. The molecular formula is C15H21ClN2O. The highest BCUT2D eigenvalue weighted by Gasteiger charge is 2.30. The molecule has 0 aromatic carbocycles. The van der Waals surface area contributed by atoms with E-state index in [1.165, 1.54) is 5.56 Å². The van der Waals surface area contributed by atoms with E-state index in [0.717, 1.165) is 36.9 Å². The molecule has 1 heterocycles. The van der Waals surface area contributed by atoms with Gasteiger partial charge in [-0.1, -0.05) is 32.4 Å². The number of nitrogens with two attached hydrogens (primary N) is 1. The fraction of sp³-hybridized carbons (Fsp3) is 0.600. The molecule has 104 valence electrons. The zero-order valence-corrected chi connectivity index (χ0v) is 12.5. The van der Waals surface area contributed by atoms with Crippen LogP contribution in [0.5, 0.6) is 0 Å². The van der Waals surface area contributed by atoms with E-state index in [0.29, 0.717) is 17.4 Å². The van der Waals surface area contributed by atoms with E-state index in [2.05, 4.69) is 25.8 Å². The molecule has 1 aliphatic carbocycles. The Balaban J connectivity index is 2.75. The topological polar surface area (TPSA) is 56.0 Å². The van der Waals surface area contributed by atoms with Crippen molar-refractivity contribution in [2.75, 3.05) is 0 Å². The molecule has 4 heteroatoms. The Morgan fingerprint density at radius 1 is 1.53 bits per heavy atom. The maximum atomic E-state index is 11.7. The van der Waals surface area contributed by atoms with Crippen LogP contribution in [0.15, 0.2) is 0 Å². The fourth-order valence-electron chi connectivity index (χ4n) is 3.13. The first-order valence-corrected chi connectivity index (χ1v) is 7.37. The number of nitrogens with zero attached hydrogens (tertiary/aromatic N) is 1. The highest BCUT2D eigenvalue weighted by Crippen LogP contribution is 2.40. The molecule has 1 amide bonds. The summed E-state index contributed by atoms with van der Waals surface area (Å²) in [6.07, 6.45) is 4.23. The number of hydrogen-bond donors (Lipinski definition) is 1. The van der Waals surface area contributed by atoms with Crippen molar-refractivity contribution in [1.29, 1.82) is 0 Å². The van der Waals surface area contributed by atoms with Gasteiger partial charge in [0, 0.05) is 5.69 Å². The van der Waals surface area contributed by atoms with Gasteiger partial charge in [0.1, 0.15) is 5.15 Å². The number of primary amides is 1. The van der Waals surface area contributed by atoms with Crippen molar-refractivity contribution in [3.8, 4) is 0 Å². The average Bonchev–Trinajstić information content (AvgIpc) is 2.36. The highest BCUT2D eigenvalue weighted by molar-refractivity contribution is 6.32. The molecule has 19 heavy (non-hydrogen) atoms. The van der Waals surface area contributed by atoms with E-state index in [1.54, 1.807) is 0 Å². The number of halogens is 1. The Labute approximate surface area is 119 Å². The van der Waals surface area contributed by atoms with Crippen LogP contribution < -0.4 is 5.73 Å². The second kappa shape index (κ2) is 5.49. The van der Waals surface area contributed by atoms with Crippen molar-refractivity contribution in [2.24, 2.45) is 5.73 Å². The van der Waals surface area contributed by atoms with Crippen LogP contribution in [0.1, 0.15) is 79.0 Å². The van der Waals surface area contributed by atoms with E-state index in [9.17, 15) is 4.79 Å². The molecule has 1 aromatic heterocycles. The molecule has 0 fully saturated rings. The minimum Gasteiger partial charge on any atom is -0.365 e. The van der Waals surface area contributed by atoms with Crippen molar-refractivity contribution in [3.05, 3.63) is 27.5 Å². The normalized spacial score (nSPS) is 18.5. The van der Waals surface area contributed by atoms with Crippen LogP contribution in [-0.2, 0) is 6.42 Å². The fourth-order valence-corrected chi connectivity index (χ4v) is 3.42. The van der Waals surface area contributed by atoms with Gasteiger partial charge in [-0.05, 0) is 48.6 Å². The van der Waals surface area contributed by atoms with Crippen LogP contribution in [0, 0.1) is 0 Å². The van der Waals surface area contributed by atoms with Gasteiger partial charge in [0.05, 0.1) is 5.56 Å². The van der Waals surface area contributed by atoms with Gasteiger partial charge in [-0.2, -0.15) is 0 Å². The average molecular weight is 281 g/mol. The largest absolute Gasteiger partial charge is 0.365 e. The summed E-state index contributed by atoms with van der Waals surface area (Å²) in [4.78, 5) is 16.2. The smallest absolute Gasteiger partial charge is 0.252 e. The summed E-state index contributed by atoms with van der Waals surface area (Å²) in [7, 11) is 0. The summed E-state index contributed by atoms with van der Waals surface area (Å²) in [5, 5.41) is 0.273. The summed E-state index contributed by atoms with van der Waals surface area (Å²) in [5.41, 5.74) is 9.29. The minimum absolute atomic E-state index is 0.273. The molecule has 0 radical (unpaired) electrons. The molecule has 0 aliphatic heterocycles. The predicted molar refractivity (Wildman–Crippen MR) is 77.8 cm³/mol. The number of carbonyl (C=O) groups excluding carboxylic acids is 1. The van der Waals surface area contributed by atoms with Crippen LogP contribution in [0.25, 0.3) is 0 Å². The molecule has 1 unspecified atom stereocenters. The van der Waals surface area contributed by atoms with Crippen molar-refractivity contribution in [1.82, 2.24) is 4.98 Å². The third-order valence-electron chi connectivity index (χ3n) is 4.00. The maximum Gasteiger partial charge on any atom is 0.252 e. The quantitative estimate of drug-likeness (QED) is 0.857. The van der Waals surface area contributed by atoms with Gasteiger partial charge >= 0.3 is 0 Å². The highest BCUT2D eigenvalue weighted by atomic mass is 35.5. The summed E-state index contributed by atoms with van der Waals surface area (Å²) >= 11 is 6.22. The lowest BCUT2D eigenvalue weighted by Gasteiger charge is -2.29. The van der Waals surface area contributed by atoms with Gasteiger partial charge in [-0.3, -0.25) is 4.79 Å². The zero-order valence-electron chi connectivity index (χ0n) is 11.8. The van der Waals surface area contributed by atoms with Gasteiger partial charge in [-0.15, -0.1) is 0 Å². The number of aromatic nitrogens is 1. The second-order valence-corrected chi connectivity index (χ2v) is 5.93. The van der Waals surface area contributed by atoms with E-state index < -0.39 is 5.91 Å². The summed E-state index contributed by atoms with van der Waals surface area (Å²) < 4.78 is 0. The van der Waals surface area contributed by atoms with E-state index in [4.69, 9.17) is 17.3 Å². The van der Waals surface area contributed by atoms with Gasteiger partial charge < -0.3 is 5.73 Å². The van der Waals surface area contributed by atoms with Crippen LogP contribution in [-0.4, -0.2) is 10.9 Å². The number of rotatable bonds is 3. The molecule has 1 aliphatic rings. The maximum absolute atomic E-state index is 11.7. The number of hydrogen-bond acceptors (Lipinski definition) is 2. The third kappa shape index (κ3) is 2.48. The number of fused-ring (bicyclic) bond motifs is 1. The summed E-state index contributed by atoms with van der Waals surface area (Å²) in [6, 6.07) is 0. The second-order valence-electron chi connectivity index (χ2n) is 5.57. The predicted octanol–water partition coefficient (Wildman–Crippen LogP) is 3.79. The lowest BCUT2D eigenvalue weighted by atomic mass is 9.77.